The average Bonchev–Trinajstić information content (AvgIpc) is 3.34. The number of ether oxygens (including phenoxy) is 1. The Morgan fingerprint density at radius 1 is 1.08 bits per heavy atom. The Kier molecular flexibility index (Phi) is 7.38. The molecule has 1 amide bonds. The number of rotatable bonds is 7. The SMILES string of the molecule is CCN(c1c(C)c(C(=O)NCc2c(C)cc(C)[nH]c2=O)cc2cc(-c3ccccc3)cn12)C1CCOCC1. The molecule has 1 aromatic carbocycles. The normalized spacial score (nSPS) is 14.1. The summed E-state index contributed by atoms with van der Waals surface area (Å²) in [5.74, 6) is 0.852. The predicted octanol–water partition coefficient (Wildman–Crippen LogP) is 5.16. The van der Waals surface area contributed by atoms with E-state index in [0.29, 0.717) is 17.2 Å². The summed E-state index contributed by atoms with van der Waals surface area (Å²) in [6, 6.07) is 16.7. The van der Waals surface area contributed by atoms with Gasteiger partial charge in [0.1, 0.15) is 5.82 Å². The third-order valence-corrected chi connectivity index (χ3v) is 7.63. The van der Waals surface area contributed by atoms with E-state index < -0.39 is 0 Å². The van der Waals surface area contributed by atoms with Crippen molar-refractivity contribution in [2.75, 3.05) is 24.7 Å². The van der Waals surface area contributed by atoms with E-state index in [9.17, 15) is 9.59 Å². The van der Waals surface area contributed by atoms with E-state index in [1.54, 1.807) is 0 Å². The standard InChI is InChI=1S/C31H36N4O3/c1-5-34(25-11-13-38-14-12-25)31-22(4)27(29(36)32-18-28-20(2)15-21(3)33-30(28)37)17-26-16-24(19-35(26)31)23-9-7-6-8-10-23/h6-10,15-17,19,25H,5,11-14,18H2,1-4H3,(H,32,36)(H,33,37). The number of hydrogen-bond donors (Lipinski definition) is 2. The van der Waals surface area contributed by atoms with E-state index in [1.807, 2.05) is 51.1 Å². The van der Waals surface area contributed by atoms with Crippen LogP contribution in [0.25, 0.3) is 16.6 Å². The van der Waals surface area contributed by atoms with Crippen LogP contribution in [0, 0.1) is 20.8 Å². The molecule has 1 saturated heterocycles. The summed E-state index contributed by atoms with van der Waals surface area (Å²) in [6.07, 6.45) is 4.08. The van der Waals surface area contributed by atoms with Crippen molar-refractivity contribution < 1.29 is 9.53 Å². The maximum Gasteiger partial charge on any atom is 0.253 e. The molecule has 4 heterocycles. The van der Waals surface area contributed by atoms with Crippen molar-refractivity contribution in [1.82, 2.24) is 14.7 Å². The molecule has 2 N–H and O–H groups in total. The number of pyridine rings is 2. The summed E-state index contributed by atoms with van der Waals surface area (Å²) in [4.78, 5) is 31.4. The molecular formula is C31H36N4O3. The van der Waals surface area contributed by atoms with Crippen LogP contribution >= 0.6 is 0 Å². The minimum atomic E-state index is -0.184. The van der Waals surface area contributed by atoms with E-state index in [-0.39, 0.29) is 18.0 Å². The van der Waals surface area contributed by atoms with Gasteiger partial charge in [-0.25, -0.2) is 0 Å². The molecule has 7 heteroatoms. The highest BCUT2D eigenvalue weighted by Gasteiger charge is 2.26. The zero-order valence-corrected chi connectivity index (χ0v) is 22.6. The van der Waals surface area contributed by atoms with Gasteiger partial charge in [-0.3, -0.25) is 9.59 Å². The van der Waals surface area contributed by atoms with Crippen LogP contribution in [0.1, 0.15) is 52.5 Å². The number of nitrogens with zero attached hydrogens (tertiary/aromatic N) is 2. The highest BCUT2D eigenvalue weighted by atomic mass is 16.5. The number of carbonyl (C=O) groups excluding carboxylic acids is 1. The first-order valence-corrected chi connectivity index (χ1v) is 13.4. The average molecular weight is 513 g/mol. The second-order valence-corrected chi connectivity index (χ2v) is 10.2. The lowest BCUT2D eigenvalue weighted by molar-refractivity contribution is 0.0844. The van der Waals surface area contributed by atoms with E-state index in [2.05, 4.69) is 50.9 Å². The molecule has 0 spiro atoms. The van der Waals surface area contributed by atoms with E-state index in [4.69, 9.17) is 4.74 Å². The van der Waals surface area contributed by atoms with Gasteiger partial charge < -0.3 is 24.3 Å². The minimum Gasteiger partial charge on any atom is -0.381 e. The lowest BCUT2D eigenvalue weighted by Gasteiger charge is -2.37. The summed E-state index contributed by atoms with van der Waals surface area (Å²) in [6.45, 7) is 10.4. The van der Waals surface area contributed by atoms with Gasteiger partial charge in [-0.05, 0) is 69.9 Å². The van der Waals surface area contributed by atoms with Gasteiger partial charge in [0.05, 0.1) is 0 Å². The van der Waals surface area contributed by atoms with Crippen molar-refractivity contribution in [3.8, 4) is 11.1 Å². The Bertz CT molecular complexity index is 1510. The number of fused-ring (bicyclic) bond motifs is 1. The molecule has 1 aliphatic heterocycles. The van der Waals surface area contributed by atoms with Crippen LogP contribution in [-0.2, 0) is 11.3 Å². The fraction of sp³-hybridized carbons (Fsp3) is 0.355. The first-order valence-electron chi connectivity index (χ1n) is 13.4. The van der Waals surface area contributed by atoms with Crippen LogP contribution in [0.2, 0.25) is 0 Å². The smallest absolute Gasteiger partial charge is 0.253 e. The predicted molar refractivity (Wildman–Crippen MR) is 152 cm³/mol. The molecule has 0 radical (unpaired) electrons. The molecule has 0 unspecified atom stereocenters. The molecule has 0 saturated carbocycles. The summed E-state index contributed by atoms with van der Waals surface area (Å²) in [5.41, 5.74) is 6.84. The number of anilines is 1. The number of aromatic amines is 1. The number of aromatic nitrogens is 2. The summed E-state index contributed by atoms with van der Waals surface area (Å²) < 4.78 is 7.87. The van der Waals surface area contributed by atoms with Gasteiger partial charge in [0.15, 0.2) is 0 Å². The molecule has 1 fully saturated rings. The summed E-state index contributed by atoms with van der Waals surface area (Å²) >= 11 is 0. The Balaban J connectivity index is 1.58. The zero-order chi connectivity index (χ0) is 26.8. The van der Waals surface area contributed by atoms with E-state index >= 15 is 0 Å². The van der Waals surface area contributed by atoms with Crippen LogP contribution in [0.3, 0.4) is 0 Å². The second kappa shape index (κ2) is 10.9. The molecule has 5 rings (SSSR count). The van der Waals surface area contributed by atoms with Gasteiger partial charge in [0, 0.05) is 72.0 Å². The molecule has 1 aliphatic rings. The molecule has 0 aliphatic carbocycles. The third-order valence-electron chi connectivity index (χ3n) is 7.63. The molecular weight excluding hydrogens is 476 g/mol. The Morgan fingerprint density at radius 2 is 1.82 bits per heavy atom. The number of aryl methyl sites for hydroxylation is 2. The molecule has 0 atom stereocenters. The van der Waals surface area contributed by atoms with Crippen molar-refractivity contribution in [2.45, 2.75) is 53.1 Å². The number of amides is 1. The molecule has 4 aromatic rings. The number of hydrogen-bond acceptors (Lipinski definition) is 4. The van der Waals surface area contributed by atoms with E-state index in [0.717, 1.165) is 71.9 Å². The van der Waals surface area contributed by atoms with Gasteiger partial charge in [-0.2, -0.15) is 0 Å². The van der Waals surface area contributed by atoms with Crippen molar-refractivity contribution in [3.05, 3.63) is 93.0 Å². The quantitative estimate of drug-likeness (QED) is 0.359. The largest absolute Gasteiger partial charge is 0.381 e. The van der Waals surface area contributed by atoms with Gasteiger partial charge in [-0.15, -0.1) is 0 Å². The first kappa shape index (κ1) is 25.8. The number of carbonyl (C=O) groups is 1. The number of nitrogens with one attached hydrogen (secondary N) is 2. The van der Waals surface area contributed by atoms with Crippen molar-refractivity contribution in [1.29, 1.82) is 0 Å². The monoisotopic (exact) mass is 512 g/mol. The van der Waals surface area contributed by atoms with Crippen LogP contribution in [-0.4, -0.2) is 41.1 Å². The lowest BCUT2D eigenvalue weighted by atomic mass is 10.0. The summed E-state index contributed by atoms with van der Waals surface area (Å²) in [7, 11) is 0. The maximum absolute atomic E-state index is 13.6. The van der Waals surface area contributed by atoms with E-state index in [1.165, 1.54) is 0 Å². The molecule has 0 bridgehead atoms. The first-order chi connectivity index (χ1) is 18.4. The lowest BCUT2D eigenvalue weighted by Crippen LogP contribution is -2.41. The van der Waals surface area contributed by atoms with Gasteiger partial charge in [-0.1, -0.05) is 30.3 Å². The third kappa shape index (κ3) is 4.98. The Morgan fingerprint density at radius 3 is 2.50 bits per heavy atom. The molecule has 7 nitrogen and oxygen atoms in total. The highest BCUT2D eigenvalue weighted by molar-refractivity contribution is 5.98. The summed E-state index contributed by atoms with van der Waals surface area (Å²) in [5, 5.41) is 3.02. The topological polar surface area (TPSA) is 78.8 Å². The molecule has 198 valence electrons. The molecule has 3 aromatic heterocycles. The number of benzene rings is 1. The van der Waals surface area contributed by atoms with Crippen LogP contribution < -0.4 is 15.8 Å². The van der Waals surface area contributed by atoms with Crippen molar-refractivity contribution in [2.24, 2.45) is 0 Å². The molecule has 38 heavy (non-hydrogen) atoms. The van der Waals surface area contributed by atoms with Crippen molar-refractivity contribution >= 4 is 17.2 Å². The highest BCUT2D eigenvalue weighted by Crippen LogP contribution is 2.33. The van der Waals surface area contributed by atoms with Crippen LogP contribution in [0.15, 0.2) is 59.5 Å². The van der Waals surface area contributed by atoms with Gasteiger partial charge in [0.25, 0.3) is 11.5 Å². The maximum atomic E-state index is 13.6. The number of H-pyrrole nitrogens is 1. The fourth-order valence-corrected chi connectivity index (χ4v) is 5.65. The Hall–Kier alpha value is -3.84. The zero-order valence-electron chi connectivity index (χ0n) is 22.6. The van der Waals surface area contributed by atoms with Crippen molar-refractivity contribution in [3.63, 3.8) is 0 Å². The van der Waals surface area contributed by atoms with Crippen LogP contribution in [0.5, 0.6) is 0 Å². The Labute approximate surface area is 223 Å². The van der Waals surface area contributed by atoms with Gasteiger partial charge >= 0.3 is 0 Å². The minimum absolute atomic E-state index is 0.161. The van der Waals surface area contributed by atoms with Gasteiger partial charge in [0.2, 0.25) is 0 Å². The second-order valence-electron chi connectivity index (χ2n) is 10.2. The fourth-order valence-electron chi connectivity index (χ4n) is 5.65. The van der Waals surface area contributed by atoms with Crippen LogP contribution in [0.4, 0.5) is 5.82 Å².